The molecule has 0 amide bonds. The van der Waals surface area contributed by atoms with E-state index in [1.54, 1.807) is 28.4 Å². The van der Waals surface area contributed by atoms with Gasteiger partial charge in [-0.25, -0.2) is 14.8 Å². The van der Waals surface area contributed by atoms with Gasteiger partial charge in [-0.15, -0.1) is 0 Å². The Kier molecular flexibility index (Phi) is 4.99. The number of rotatable bonds is 5. The van der Waals surface area contributed by atoms with Crippen LogP contribution in [0.3, 0.4) is 0 Å². The minimum Gasteiger partial charge on any atom is -0.461 e. The number of carbonyl (C=O) groups excluding carboxylic acids is 1. The molecular formula is C25H20N4O3. The van der Waals surface area contributed by atoms with Gasteiger partial charge in [-0.1, -0.05) is 36.4 Å². The Morgan fingerprint density at radius 2 is 1.81 bits per heavy atom. The average molecular weight is 424 g/mol. The van der Waals surface area contributed by atoms with E-state index in [9.17, 15) is 9.59 Å². The third kappa shape index (κ3) is 3.65. The van der Waals surface area contributed by atoms with Crippen LogP contribution in [0.4, 0.5) is 0 Å². The summed E-state index contributed by atoms with van der Waals surface area (Å²) in [5.74, 6) is -0.450. The highest BCUT2D eigenvalue weighted by molar-refractivity contribution is 5.88. The quantitative estimate of drug-likeness (QED) is 0.400. The molecule has 0 aliphatic rings. The van der Waals surface area contributed by atoms with Gasteiger partial charge < -0.3 is 9.14 Å². The van der Waals surface area contributed by atoms with Gasteiger partial charge in [-0.3, -0.25) is 9.36 Å². The number of esters is 1. The lowest BCUT2D eigenvalue weighted by Gasteiger charge is -2.08. The molecule has 3 heterocycles. The van der Waals surface area contributed by atoms with Crippen molar-refractivity contribution < 1.29 is 9.53 Å². The van der Waals surface area contributed by atoms with Crippen LogP contribution < -0.4 is 5.56 Å². The number of nitrogens with zero attached hydrogens (tertiary/aromatic N) is 4. The average Bonchev–Trinajstić information content (AvgIpc) is 3.25. The molecule has 7 nitrogen and oxygen atoms in total. The molecule has 32 heavy (non-hydrogen) atoms. The van der Waals surface area contributed by atoms with Crippen molar-refractivity contribution in [2.45, 2.75) is 13.5 Å². The van der Waals surface area contributed by atoms with Crippen molar-refractivity contribution in [3.05, 3.63) is 101 Å². The van der Waals surface area contributed by atoms with Gasteiger partial charge in [0.25, 0.3) is 5.56 Å². The first-order valence-electron chi connectivity index (χ1n) is 10.3. The molecule has 0 aliphatic heterocycles. The molecule has 7 heteroatoms. The summed E-state index contributed by atoms with van der Waals surface area (Å²) in [6.45, 7) is 2.52. The number of fused-ring (bicyclic) bond motifs is 2. The number of ether oxygens (including phenoxy) is 1. The zero-order valence-electron chi connectivity index (χ0n) is 17.4. The summed E-state index contributed by atoms with van der Waals surface area (Å²) in [4.78, 5) is 33.9. The molecule has 0 aliphatic carbocycles. The second-order valence-electron chi connectivity index (χ2n) is 7.43. The van der Waals surface area contributed by atoms with E-state index in [-0.39, 0.29) is 11.3 Å². The van der Waals surface area contributed by atoms with Crippen LogP contribution in [0.15, 0.2) is 84.2 Å². The Bertz CT molecular complexity index is 1500. The van der Waals surface area contributed by atoms with Crippen LogP contribution in [-0.2, 0) is 11.3 Å². The fraction of sp³-hybridized carbons (Fsp3) is 0.120. The molecule has 0 spiro atoms. The fourth-order valence-electron chi connectivity index (χ4n) is 3.70. The highest BCUT2D eigenvalue weighted by Gasteiger charge is 2.13. The van der Waals surface area contributed by atoms with Crippen LogP contribution in [0.5, 0.6) is 0 Å². The molecule has 158 valence electrons. The maximum Gasteiger partial charge on any atom is 0.358 e. The van der Waals surface area contributed by atoms with Crippen LogP contribution in [0, 0.1) is 0 Å². The van der Waals surface area contributed by atoms with Crippen molar-refractivity contribution in [2.24, 2.45) is 0 Å². The van der Waals surface area contributed by atoms with Crippen LogP contribution in [-0.4, -0.2) is 31.5 Å². The summed E-state index contributed by atoms with van der Waals surface area (Å²) >= 11 is 0. The second-order valence-corrected chi connectivity index (χ2v) is 7.43. The molecular weight excluding hydrogens is 404 g/mol. The molecule has 0 saturated carbocycles. The van der Waals surface area contributed by atoms with Gasteiger partial charge in [0.15, 0.2) is 5.69 Å². The van der Waals surface area contributed by atoms with E-state index in [1.165, 1.54) is 0 Å². The third-order valence-corrected chi connectivity index (χ3v) is 5.29. The van der Waals surface area contributed by atoms with E-state index in [0.29, 0.717) is 29.7 Å². The van der Waals surface area contributed by atoms with Crippen molar-refractivity contribution in [2.75, 3.05) is 6.61 Å². The van der Waals surface area contributed by atoms with Crippen molar-refractivity contribution in [1.29, 1.82) is 0 Å². The van der Waals surface area contributed by atoms with Crippen molar-refractivity contribution >= 4 is 22.5 Å². The normalized spacial score (nSPS) is 11.2. The fourth-order valence-corrected chi connectivity index (χ4v) is 3.70. The van der Waals surface area contributed by atoms with Crippen LogP contribution >= 0.6 is 0 Å². The monoisotopic (exact) mass is 424 g/mol. The highest BCUT2D eigenvalue weighted by Crippen LogP contribution is 2.23. The Balaban J connectivity index is 1.53. The Labute approximate surface area is 183 Å². The summed E-state index contributed by atoms with van der Waals surface area (Å²) in [7, 11) is 0. The van der Waals surface area contributed by atoms with Crippen molar-refractivity contribution in [1.82, 2.24) is 18.9 Å². The molecule has 0 fully saturated rings. The highest BCUT2D eigenvalue weighted by atomic mass is 16.5. The molecule has 0 N–H and O–H groups in total. The SMILES string of the molecule is CCOC(=O)c1cn2cc(-c3ccc4ncn(Cc5ccccc5)c(=O)c4c3)ccc2n1. The summed E-state index contributed by atoms with van der Waals surface area (Å²) in [6.07, 6.45) is 5.11. The minimum atomic E-state index is -0.450. The molecule has 5 rings (SSSR count). The van der Waals surface area contributed by atoms with Gasteiger partial charge >= 0.3 is 5.97 Å². The largest absolute Gasteiger partial charge is 0.461 e. The van der Waals surface area contributed by atoms with E-state index in [1.807, 2.05) is 66.9 Å². The Morgan fingerprint density at radius 3 is 2.62 bits per heavy atom. The van der Waals surface area contributed by atoms with Gasteiger partial charge in [0.2, 0.25) is 0 Å². The summed E-state index contributed by atoms with van der Waals surface area (Å²) in [6, 6.07) is 19.2. The molecule has 0 unspecified atom stereocenters. The number of benzene rings is 2. The summed E-state index contributed by atoms with van der Waals surface area (Å²) in [5.41, 5.74) is 4.27. The standard InChI is InChI=1S/C25H20N4O3/c1-2-32-25(31)22-15-28-14-19(9-11-23(28)27-22)18-8-10-21-20(12-18)24(30)29(16-26-21)13-17-6-4-3-5-7-17/h3-12,14-16H,2,13H2,1H3. The second kappa shape index (κ2) is 8.11. The number of aromatic nitrogens is 4. The molecule has 0 atom stereocenters. The predicted octanol–water partition coefficient (Wildman–Crippen LogP) is 3.94. The number of pyridine rings is 1. The van der Waals surface area contributed by atoms with Gasteiger partial charge in [0, 0.05) is 12.4 Å². The topological polar surface area (TPSA) is 78.5 Å². The zero-order valence-corrected chi connectivity index (χ0v) is 17.4. The van der Waals surface area contributed by atoms with Gasteiger partial charge in [0.1, 0.15) is 5.65 Å². The van der Waals surface area contributed by atoms with Crippen molar-refractivity contribution in [3.8, 4) is 11.1 Å². The summed E-state index contributed by atoms with van der Waals surface area (Å²) in [5, 5.41) is 0.555. The van der Waals surface area contributed by atoms with Gasteiger partial charge in [-0.05, 0) is 47.9 Å². The van der Waals surface area contributed by atoms with E-state index < -0.39 is 5.97 Å². The molecule has 2 aromatic carbocycles. The molecule has 5 aromatic rings. The van der Waals surface area contributed by atoms with Gasteiger partial charge in [-0.2, -0.15) is 0 Å². The number of hydrogen-bond acceptors (Lipinski definition) is 5. The predicted molar refractivity (Wildman–Crippen MR) is 122 cm³/mol. The number of hydrogen-bond donors (Lipinski definition) is 0. The molecule has 0 saturated heterocycles. The van der Waals surface area contributed by atoms with Crippen LogP contribution in [0.2, 0.25) is 0 Å². The minimum absolute atomic E-state index is 0.0889. The third-order valence-electron chi connectivity index (χ3n) is 5.29. The van der Waals surface area contributed by atoms with E-state index in [4.69, 9.17) is 4.74 Å². The smallest absolute Gasteiger partial charge is 0.358 e. The maximum absolute atomic E-state index is 13.1. The molecule has 3 aromatic heterocycles. The lowest BCUT2D eigenvalue weighted by atomic mass is 10.1. The van der Waals surface area contributed by atoms with E-state index >= 15 is 0 Å². The van der Waals surface area contributed by atoms with E-state index in [2.05, 4.69) is 9.97 Å². The van der Waals surface area contributed by atoms with Crippen LogP contribution in [0.1, 0.15) is 23.0 Å². The Morgan fingerprint density at radius 1 is 1.00 bits per heavy atom. The molecule has 0 bridgehead atoms. The number of carbonyl (C=O) groups is 1. The first-order valence-corrected chi connectivity index (χ1v) is 10.3. The number of imidazole rings is 1. The lowest BCUT2D eigenvalue weighted by molar-refractivity contribution is 0.0520. The summed E-state index contributed by atoms with van der Waals surface area (Å²) < 4.78 is 8.43. The first-order chi connectivity index (χ1) is 15.6. The van der Waals surface area contributed by atoms with E-state index in [0.717, 1.165) is 16.7 Å². The Hall–Kier alpha value is -4.26. The van der Waals surface area contributed by atoms with Gasteiger partial charge in [0.05, 0.1) is 30.4 Å². The van der Waals surface area contributed by atoms with Crippen LogP contribution in [0.25, 0.3) is 27.7 Å². The van der Waals surface area contributed by atoms with Crippen molar-refractivity contribution in [3.63, 3.8) is 0 Å². The first kappa shape index (κ1) is 19.7. The lowest BCUT2D eigenvalue weighted by Crippen LogP contribution is -2.21. The zero-order chi connectivity index (χ0) is 22.1. The maximum atomic E-state index is 13.1. The molecule has 0 radical (unpaired) electrons.